The van der Waals surface area contributed by atoms with Gasteiger partial charge in [0, 0.05) is 17.2 Å². The van der Waals surface area contributed by atoms with Crippen molar-refractivity contribution in [2.75, 3.05) is 0 Å². The molecular formula is C12H17NO2S. The van der Waals surface area contributed by atoms with E-state index in [2.05, 4.69) is 10.4 Å². The van der Waals surface area contributed by atoms with Crippen molar-refractivity contribution in [2.24, 2.45) is 0 Å². The van der Waals surface area contributed by atoms with Gasteiger partial charge < -0.3 is 5.11 Å². The SMILES string of the molecule is CC(CC(=O)O)c1nc(C2CCCC2)cs1. The average Bonchev–Trinajstić information content (AvgIpc) is 2.87. The fourth-order valence-corrected chi connectivity index (χ4v) is 3.25. The second-order valence-corrected chi connectivity index (χ2v) is 5.48. The van der Waals surface area contributed by atoms with Crippen molar-refractivity contribution in [3.05, 3.63) is 16.1 Å². The van der Waals surface area contributed by atoms with E-state index in [9.17, 15) is 4.79 Å². The summed E-state index contributed by atoms with van der Waals surface area (Å²) in [7, 11) is 0. The Morgan fingerprint density at radius 2 is 2.31 bits per heavy atom. The van der Waals surface area contributed by atoms with E-state index in [1.54, 1.807) is 11.3 Å². The molecule has 1 unspecified atom stereocenters. The number of carbonyl (C=O) groups is 1. The zero-order valence-electron chi connectivity index (χ0n) is 9.48. The minimum absolute atomic E-state index is 0.0395. The number of nitrogens with zero attached hydrogens (tertiary/aromatic N) is 1. The van der Waals surface area contributed by atoms with Crippen LogP contribution in [-0.2, 0) is 4.79 Å². The van der Waals surface area contributed by atoms with Crippen LogP contribution < -0.4 is 0 Å². The molecule has 1 N–H and O–H groups in total. The molecule has 1 aromatic heterocycles. The van der Waals surface area contributed by atoms with Crippen molar-refractivity contribution in [3.8, 4) is 0 Å². The lowest BCUT2D eigenvalue weighted by Gasteiger charge is -2.05. The van der Waals surface area contributed by atoms with E-state index in [-0.39, 0.29) is 12.3 Å². The summed E-state index contributed by atoms with van der Waals surface area (Å²) < 4.78 is 0. The van der Waals surface area contributed by atoms with E-state index in [1.807, 2.05) is 6.92 Å². The predicted molar refractivity (Wildman–Crippen MR) is 64.0 cm³/mol. The standard InChI is InChI=1S/C12H17NO2S/c1-8(6-11(14)15)12-13-10(7-16-12)9-4-2-3-5-9/h7-9H,2-6H2,1H3,(H,14,15). The summed E-state index contributed by atoms with van der Waals surface area (Å²) in [4.78, 5) is 15.2. The molecule has 1 heterocycles. The van der Waals surface area contributed by atoms with E-state index in [0.717, 1.165) is 5.01 Å². The predicted octanol–water partition coefficient (Wildman–Crippen LogP) is 3.38. The molecule has 1 aromatic rings. The van der Waals surface area contributed by atoms with Crippen molar-refractivity contribution in [1.29, 1.82) is 0 Å². The molecule has 2 rings (SSSR count). The largest absolute Gasteiger partial charge is 0.481 e. The van der Waals surface area contributed by atoms with Gasteiger partial charge in [-0.15, -0.1) is 11.3 Å². The summed E-state index contributed by atoms with van der Waals surface area (Å²) in [5.74, 6) is -0.0789. The molecule has 1 fully saturated rings. The molecule has 0 saturated heterocycles. The van der Waals surface area contributed by atoms with Crippen LogP contribution in [0, 0.1) is 0 Å². The van der Waals surface area contributed by atoms with Crippen LogP contribution in [0.1, 0.15) is 61.6 Å². The molecule has 16 heavy (non-hydrogen) atoms. The summed E-state index contributed by atoms with van der Waals surface area (Å²) in [6.07, 6.45) is 5.29. The molecule has 0 aromatic carbocycles. The number of thiazole rings is 1. The number of aromatic nitrogens is 1. The first-order valence-electron chi connectivity index (χ1n) is 5.84. The smallest absolute Gasteiger partial charge is 0.304 e. The third kappa shape index (κ3) is 2.61. The quantitative estimate of drug-likeness (QED) is 0.876. The number of hydrogen-bond acceptors (Lipinski definition) is 3. The number of carboxylic acids is 1. The Kier molecular flexibility index (Phi) is 3.59. The molecule has 1 saturated carbocycles. The van der Waals surface area contributed by atoms with Crippen molar-refractivity contribution in [1.82, 2.24) is 4.98 Å². The van der Waals surface area contributed by atoms with Crippen LogP contribution in [0.3, 0.4) is 0 Å². The maximum Gasteiger partial charge on any atom is 0.304 e. The van der Waals surface area contributed by atoms with Gasteiger partial charge in [0.25, 0.3) is 0 Å². The summed E-state index contributed by atoms with van der Waals surface area (Å²) in [5.41, 5.74) is 1.19. The monoisotopic (exact) mass is 239 g/mol. The van der Waals surface area contributed by atoms with Crippen molar-refractivity contribution in [2.45, 2.75) is 50.9 Å². The highest BCUT2D eigenvalue weighted by molar-refractivity contribution is 7.09. The van der Waals surface area contributed by atoms with Crippen LogP contribution in [0.15, 0.2) is 5.38 Å². The van der Waals surface area contributed by atoms with E-state index in [0.29, 0.717) is 5.92 Å². The van der Waals surface area contributed by atoms with Crippen LogP contribution >= 0.6 is 11.3 Å². The second kappa shape index (κ2) is 4.95. The average molecular weight is 239 g/mol. The van der Waals surface area contributed by atoms with Crippen molar-refractivity contribution >= 4 is 17.3 Å². The second-order valence-electron chi connectivity index (χ2n) is 4.59. The maximum absolute atomic E-state index is 10.6. The summed E-state index contributed by atoms with van der Waals surface area (Å²) in [6, 6.07) is 0. The van der Waals surface area contributed by atoms with E-state index >= 15 is 0 Å². The van der Waals surface area contributed by atoms with Gasteiger partial charge in [-0.2, -0.15) is 0 Å². The molecule has 0 amide bonds. The first-order valence-corrected chi connectivity index (χ1v) is 6.72. The number of aliphatic carboxylic acids is 1. The van der Waals surface area contributed by atoms with Crippen LogP contribution in [0.4, 0.5) is 0 Å². The van der Waals surface area contributed by atoms with E-state index < -0.39 is 5.97 Å². The van der Waals surface area contributed by atoms with Crippen molar-refractivity contribution < 1.29 is 9.90 Å². The van der Waals surface area contributed by atoms with E-state index in [1.165, 1.54) is 31.4 Å². The lowest BCUT2D eigenvalue weighted by Crippen LogP contribution is -2.03. The fraction of sp³-hybridized carbons (Fsp3) is 0.667. The molecule has 1 aliphatic carbocycles. The van der Waals surface area contributed by atoms with Gasteiger partial charge >= 0.3 is 5.97 Å². The maximum atomic E-state index is 10.6. The number of rotatable bonds is 4. The molecular weight excluding hydrogens is 222 g/mol. The Morgan fingerprint density at radius 3 is 2.94 bits per heavy atom. The molecule has 0 bridgehead atoms. The lowest BCUT2D eigenvalue weighted by molar-refractivity contribution is -0.137. The minimum Gasteiger partial charge on any atom is -0.481 e. The van der Waals surface area contributed by atoms with E-state index in [4.69, 9.17) is 5.11 Å². The summed E-state index contributed by atoms with van der Waals surface area (Å²) in [6.45, 7) is 1.94. The normalized spacial score (nSPS) is 18.8. The molecule has 3 nitrogen and oxygen atoms in total. The number of carboxylic acid groups (broad SMARTS) is 1. The van der Waals surface area contributed by atoms with Crippen LogP contribution in [0.2, 0.25) is 0 Å². The molecule has 0 spiro atoms. The summed E-state index contributed by atoms with van der Waals surface area (Å²) in [5, 5.41) is 11.8. The van der Waals surface area contributed by atoms with Crippen molar-refractivity contribution in [3.63, 3.8) is 0 Å². The third-order valence-corrected chi connectivity index (χ3v) is 4.31. The zero-order valence-corrected chi connectivity index (χ0v) is 10.3. The van der Waals surface area contributed by atoms with Gasteiger partial charge in [-0.25, -0.2) is 4.98 Å². The fourth-order valence-electron chi connectivity index (χ4n) is 2.29. The molecule has 88 valence electrons. The molecule has 1 aliphatic rings. The molecule has 0 radical (unpaired) electrons. The van der Waals surface area contributed by atoms with Crippen LogP contribution in [0.25, 0.3) is 0 Å². The molecule has 0 aliphatic heterocycles. The third-order valence-electron chi connectivity index (χ3n) is 3.22. The Labute approximate surface area is 99.5 Å². The highest BCUT2D eigenvalue weighted by atomic mass is 32.1. The Morgan fingerprint density at radius 1 is 1.62 bits per heavy atom. The summed E-state index contributed by atoms with van der Waals surface area (Å²) >= 11 is 1.61. The van der Waals surface area contributed by atoms with Gasteiger partial charge in [-0.1, -0.05) is 19.8 Å². The highest BCUT2D eigenvalue weighted by Crippen LogP contribution is 2.35. The number of hydrogen-bond donors (Lipinski definition) is 1. The first-order chi connectivity index (χ1) is 7.66. The molecule has 1 atom stereocenters. The first kappa shape index (κ1) is 11.6. The van der Waals surface area contributed by atoms with Crippen LogP contribution in [-0.4, -0.2) is 16.1 Å². The Hall–Kier alpha value is -0.900. The lowest BCUT2D eigenvalue weighted by atomic mass is 10.1. The van der Waals surface area contributed by atoms with Gasteiger partial charge in [0.15, 0.2) is 0 Å². The Bertz CT molecular complexity index is 369. The topological polar surface area (TPSA) is 50.2 Å². The Balaban J connectivity index is 2.03. The highest BCUT2D eigenvalue weighted by Gasteiger charge is 2.21. The van der Waals surface area contributed by atoms with Gasteiger partial charge in [0.05, 0.1) is 17.1 Å². The zero-order chi connectivity index (χ0) is 11.5. The minimum atomic E-state index is -0.745. The molecule has 4 heteroatoms. The van der Waals surface area contributed by atoms with Gasteiger partial charge in [-0.3, -0.25) is 4.79 Å². The van der Waals surface area contributed by atoms with Gasteiger partial charge in [0.1, 0.15) is 0 Å². The van der Waals surface area contributed by atoms with Gasteiger partial charge in [-0.05, 0) is 12.8 Å². The van der Waals surface area contributed by atoms with Crippen LogP contribution in [0.5, 0.6) is 0 Å². The van der Waals surface area contributed by atoms with Gasteiger partial charge in [0.2, 0.25) is 0 Å².